The van der Waals surface area contributed by atoms with Gasteiger partial charge in [-0.3, -0.25) is 4.98 Å². The fourth-order valence-corrected chi connectivity index (χ4v) is 2.89. The van der Waals surface area contributed by atoms with E-state index >= 15 is 0 Å². The molecule has 106 valence electrons. The van der Waals surface area contributed by atoms with Gasteiger partial charge in [-0.1, -0.05) is 19.9 Å². The number of aromatic nitrogens is 1. The first-order chi connectivity index (χ1) is 8.97. The second-order valence-electron chi connectivity index (χ2n) is 6.33. The van der Waals surface area contributed by atoms with Crippen molar-refractivity contribution in [2.75, 3.05) is 14.1 Å². The van der Waals surface area contributed by atoms with Crippen molar-refractivity contribution >= 4 is 0 Å². The molecule has 3 heteroatoms. The van der Waals surface area contributed by atoms with Crippen LogP contribution < -0.4 is 0 Å². The molecule has 0 radical (unpaired) electrons. The molecule has 2 atom stereocenters. The molecular weight excluding hydrogens is 236 g/mol. The van der Waals surface area contributed by atoms with Gasteiger partial charge in [0.25, 0.3) is 0 Å². The summed E-state index contributed by atoms with van der Waals surface area (Å²) < 4.78 is 0. The number of pyridine rings is 1. The molecule has 0 spiro atoms. The molecule has 1 aromatic rings. The molecule has 0 aliphatic heterocycles. The van der Waals surface area contributed by atoms with Gasteiger partial charge in [0.05, 0.1) is 11.8 Å². The van der Waals surface area contributed by atoms with E-state index in [1.165, 1.54) is 17.0 Å². The Morgan fingerprint density at radius 1 is 1.32 bits per heavy atom. The van der Waals surface area contributed by atoms with Gasteiger partial charge in [-0.05, 0) is 56.8 Å². The molecule has 1 aromatic heterocycles. The van der Waals surface area contributed by atoms with Crippen LogP contribution in [0, 0.1) is 0 Å². The number of rotatable bonds is 4. The topological polar surface area (TPSA) is 36.4 Å². The van der Waals surface area contributed by atoms with Crippen molar-refractivity contribution in [3.8, 4) is 0 Å². The maximum Gasteiger partial charge on any atom is 0.0581 e. The lowest BCUT2D eigenvalue weighted by Crippen LogP contribution is -2.16. The van der Waals surface area contributed by atoms with Crippen LogP contribution >= 0.6 is 0 Å². The summed E-state index contributed by atoms with van der Waals surface area (Å²) in [6, 6.07) is 4.40. The minimum Gasteiger partial charge on any atom is -0.393 e. The summed E-state index contributed by atoms with van der Waals surface area (Å²) in [5.41, 5.74) is 3.70. The molecular formula is C16H26N2O. The zero-order chi connectivity index (χ0) is 14.0. The molecule has 3 nitrogen and oxygen atoms in total. The number of aliphatic hydroxyl groups is 1. The predicted molar refractivity (Wildman–Crippen MR) is 78.3 cm³/mol. The molecule has 0 unspecified atom stereocenters. The third-order valence-electron chi connectivity index (χ3n) is 3.93. The molecule has 1 heterocycles. The van der Waals surface area contributed by atoms with Crippen LogP contribution in [0.15, 0.2) is 12.1 Å². The van der Waals surface area contributed by atoms with Crippen LogP contribution in [-0.4, -0.2) is 35.2 Å². The van der Waals surface area contributed by atoms with Gasteiger partial charge in [0.1, 0.15) is 0 Å². The van der Waals surface area contributed by atoms with Crippen LogP contribution in [0.25, 0.3) is 0 Å². The van der Waals surface area contributed by atoms with Crippen molar-refractivity contribution in [3.63, 3.8) is 0 Å². The second-order valence-corrected chi connectivity index (χ2v) is 6.33. The maximum absolute atomic E-state index is 9.75. The molecule has 1 fully saturated rings. The Hall–Kier alpha value is -0.930. The summed E-state index contributed by atoms with van der Waals surface area (Å²) in [7, 11) is 4.16. The highest BCUT2D eigenvalue weighted by Gasteiger charge is 2.26. The normalized spacial score (nSPS) is 23.5. The van der Waals surface area contributed by atoms with Crippen molar-refractivity contribution in [3.05, 3.63) is 29.1 Å². The van der Waals surface area contributed by atoms with Crippen LogP contribution in [0.1, 0.15) is 61.9 Å². The molecule has 1 aliphatic carbocycles. The Bertz CT molecular complexity index is 429. The fraction of sp³-hybridized carbons (Fsp3) is 0.688. The highest BCUT2D eigenvalue weighted by Crippen LogP contribution is 2.36. The van der Waals surface area contributed by atoms with Crippen LogP contribution in [-0.2, 0) is 6.54 Å². The Balaban J connectivity index is 2.30. The molecule has 19 heavy (non-hydrogen) atoms. The van der Waals surface area contributed by atoms with Gasteiger partial charge in [-0.25, -0.2) is 0 Å². The SMILES string of the molecule is CC(C)c1ccc([C@H]2CC[C@@H](O)C2)c(CN(C)C)n1. The number of hydrogen-bond donors (Lipinski definition) is 1. The molecule has 1 aliphatic rings. The van der Waals surface area contributed by atoms with Gasteiger partial charge in [0, 0.05) is 12.2 Å². The largest absolute Gasteiger partial charge is 0.393 e. The minimum absolute atomic E-state index is 0.123. The molecule has 1 saturated carbocycles. The zero-order valence-electron chi connectivity index (χ0n) is 12.6. The highest BCUT2D eigenvalue weighted by molar-refractivity contribution is 5.29. The minimum atomic E-state index is -0.123. The number of aliphatic hydroxyl groups excluding tert-OH is 1. The summed E-state index contributed by atoms with van der Waals surface area (Å²) in [5, 5.41) is 9.75. The van der Waals surface area contributed by atoms with Crippen molar-refractivity contribution in [2.45, 2.75) is 57.6 Å². The number of nitrogens with zero attached hydrogens (tertiary/aromatic N) is 2. The first-order valence-corrected chi connectivity index (χ1v) is 7.30. The molecule has 0 saturated heterocycles. The van der Waals surface area contributed by atoms with E-state index in [-0.39, 0.29) is 6.10 Å². The van der Waals surface area contributed by atoms with E-state index in [4.69, 9.17) is 4.98 Å². The van der Waals surface area contributed by atoms with E-state index in [0.717, 1.165) is 25.8 Å². The lowest BCUT2D eigenvalue weighted by atomic mass is 9.94. The molecule has 1 N–H and O–H groups in total. The Morgan fingerprint density at radius 3 is 2.58 bits per heavy atom. The van der Waals surface area contributed by atoms with Crippen LogP contribution in [0.2, 0.25) is 0 Å². The fourth-order valence-electron chi connectivity index (χ4n) is 2.89. The second kappa shape index (κ2) is 6.02. The highest BCUT2D eigenvalue weighted by atomic mass is 16.3. The van der Waals surface area contributed by atoms with Gasteiger partial charge in [-0.2, -0.15) is 0 Å². The van der Waals surface area contributed by atoms with E-state index < -0.39 is 0 Å². The lowest BCUT2D eigenvalue weighted by molar-refractivity contribution is 0.181. The van der Waals surface area contributed by atoms with Crippen molar-refractivity contribution in [2.24, 2.45) is 0 Å². The first kappa shape index (κ1) is 14.5. The molecule has 2 rings (SSSR count). The predicted octanol–water partition coefficient (Wildman–Crippen LogP) is 2.90. The third kappa shape index (κ3) is 3.54. The molecule has 0 bridgehead atoms. The smallest absolute Gasteiger partial charge is 0.0581 e. The molecule has 0 amide bonds. The summed E-state index contributed by atoms with van der Waals surface area (Å²) in [5.74, 6) is 0.947. The zero-order valence-corrected chi connectivity index (χ0v) is 12.6. The Labute approximate surface area is 116 Å². The average molecular weight is 262 g/mol. The maximum atomic E-state index is 9.75. The van der Waals surface area contributed by atoms with Gasteiger partial charge in [-0.15, -0.1) is 0 Å². The summed E-state index contributed by atoms with van der Waals surface area (Å²) >= 11 is 0. The van der Waals surface area contributed by atoms with E-state index in [9.17, 15) is 5.11 Å². The summed E-state index contributed by atoms with van der Waals surface area (Å²) in [6.45, 7) is 5.24. The van der Waals surface area contributed by atoms with Crippen molar-refractivity contribution < 1.29 is 5.11 Å². The molecule has 0 aromatic carbocycles. The average Bonchev–Trinajstić information content (AvgIpc) is 2.74. The lowest BCUT2D eigenvalue weighted by Gasteiger charge is -2.19. The van der Waals surface area contributed by atoms with E-state index in [1.807, 2.05) is 0 Å². The monoisotopic (exact) mass is 262 g/mol. The third-order valence-corrected chi connectivity index (χ3v) is 3.93. The quantitative estimate of drug-likeness (QED) is 0.906. The van der Waals surface area contributed by atoms with Gasteiger partial charge >= 0.3 is 0 Å². The van der Waals surface area contributed by atoms with E-state index in [2.05, 4.69) is 45.0 Å². The first-order valence-electron chi connectivity index (χ1n) is 7.30. The van der Waals surface area contributed by atoms with Crippen LogP contribution in [0.3, 0.4) is 0 Å². The number of hydrogen-bond acceptors (Lipinski definition) is 3. The Morgan fingerprint density at radius 2 is 2.05 bits per heavy atom. The van der Waals surface area contributed by atoms with E-state index in [0.29, 0.717) is 11.8 Å². The van der Waals surface area contributed by atoms with Crippen LogP contribution in [0.5, 0.6) is 0 Å². The summed E-state index contributed by atoms with van der Waals surface area (Å²) in [6.07, 6.45) is 2.79. The van der Waals surface area contributed by atoms with Crippen LogP contribution in [0.4, 0.5) is 0 Å². The van der Waals surface area contributed by atoms with Gasteiger partial charge in [0.15, 0.2) is 0 Å². The van der Waals surface area contributed by atoms with Gasteiger partial charge in [0.2, 0.25) is 0 Å². The Kier molecular flexibility index (Phi) is 4.58. The standard InChI is InChI=1S/C16H26N2O/c1-11(2)15-8-7-14(12-5-6-13(19)9-12)16(17-15)10-18(3)4/h7-8,11-13,19H,5-6,9-10H2,1-4H3/t12-,13+/m0/s1. The van der Waals surface area contributed by atoms with Crippen molar-refractivity contribution in [1.82, 2.24) is 9.88 Å². The van der Waals surface area contributed by atoms with Crippen molar-refractivity contribution in [1.29, 1.82) is 0 Å². The van der Waals surface area contributed by atoms with Gasteiger partial charge < -0.3 is 10.0 Å². The summed E-state index contributed by atoms with van der Waals surface area (Å²) in [4.78, 5) is 7.03. The van der Waals surface area contributed by atoms with E-state index in [1.54, 1.807) is 0 Å².